The molecular formula is C16H21NO2. The number of aryl methyl sites for hydroxylation is 1. The number of ether oxygens (including phenoxy) is 1. The molecule has 1 heterocycles. The molecule has 1 aliphatic rings. The number of likely N-dealkylation sites (tertiary alicyclic amines) is 1. The summed E-state index contributed by atoms with van der Waals surface area (Å²) in [4.78, 5) is 13.9. The lowest BCUT2D eigenvalue weighted by atomic mass is 10.1. The number of carbonyl (C=O) groups excluding carboxylic acids is 1. The van der Waals surface area contributed by atoms with E-state index in [1.165, 1.54) is 5.56 Å². The number of piperidine rings is 1. The average molecular weight is 259 g/mol. The molecule has 3 nitrogen and oxygen atoms in total. The Bertz CT molecular complexity index is 460. The standard InChI is InChI=1S/C16H21NO2/c1-13-4-3-5-14(12-13)6-7-16(18)17-10-8-15(19-2)9-11-17/h3-7,12,15H,8-11H2,1-2H3/b7-6+. The summed E-state index contributed by atoms with van der Waals surface area (Å²) in [6, 6.07) is 8.13. The summed E-state index contributed by atoms with van der Waals surface area (Å²) in [6.45, 7) is 3.62. The number of amides is 1. The number of hydrogen-bond acceptors (Lipinski definition) is 2. The van der Waals surface area contributed by atoms with Gasteiger partial charge in [-0.1, -0.05) is 29.8 Å². The van der Waals surface area contributed by atoms with Crippen molar-refractivity contribution in [3.63, 3.8) is 0 Å². The van der Waals surface area contributed by atoms with E-state index in [1.54, 1.807) is 13.2 Å². The molecule has 0 aliphatic carbocycles. The second kappa shape index (κ2) is 6.53. The zero-order valence-electron chi connectivity index (χ0n) is 11.6. The largest absolute Gasteiger partial charge is 0.381 e. The highest BCUT2D eigenvalue weighted by Crippen LogP contribution is 2.13. The van der Waals surface area contributed by atoms with Crippen LogP contribution in [0.1, 0.15) is 24.0 Å². The summed E-state index contributed by atoms with van der Waals surface area (Å²) in [5.74, 6) is 0.0936. The van der Waals surface area contributed by atoms with Gasteiger partial charge < -0.3 is 9.64 Å². The van der Waals surface area contributed by atoms with Crippen LogP contribution in [-0.4, -0.2) is 37.1 Å². The Hall–Kier alpha value is -1.61. The molecule has 1 aromatic carbocycles. The first kappa shape index (κ1) is 13.8. The zero-order valence-corrected chi connectivity index (χ0v) is 11.6. The maximum Gasteiger partial charge on any atom is 0.246 e. The molecule has 0 unspecified atom stereocenters. The third-order valence-electron chi connectivity index (χ3n) is 3.55. The number of benzene rings is 1. The van der Waals surface area contributed by atoms with Crippen molar-refractivity contribution in [2.75, 3.05) is 20.2 Å². The lowest BCUT2D eigenvalue weighted by molar-refractivity contribution is -0.128. The van der Waals surface area contributed by atoms with Gasteiger partial charge in [-0.05, 0) is 31.4 Å². The number of nitrogens with zero attached hydrogens (tertiary/aromatic N) is 1. The second-order valence-electron chi connectivity index (χ2n) is 5.01. The highest BCUT2D eigenvalue weighted by Gasteiger charge is 2.20. The fourth-order valence-electron chi connectivity index (χ4n) is 2.36. The first-order chi connectivity index (χ1) is 9.19. The van der Waals surface area contributed by atoms with E-state index < -0.39 is 0 Å². The van der Waals surface area contributed by atoms with Crippen LogP contribution in [0.5, 0.6) is 0 Å². The smallest absolute Gasteiger partial charge is 0.246 e. The second-order valence-corrected chi connectivity index (χ2v) is 5.01. The molecule has 0 spiro atoms. The van der Waals surface area contributed by atoms with Crippen molar-refractivity contribution in [3.05, 3.63) is 41.5 Å². The molecule has 1 amide bonds. The molecule has 2 rings (SSSR count). The van der Waals surface area contributed by atoms with Crippen LogP contribution in [0, 0.1) is 6.92 Å². The SMILES string of the molecule is COC1CCN(C(=O)/C=C/c2cccc(C)c2)CC1. The zero-order chi connectivity index (χ0) is 13.7. The van der Waals surface area contributed by atoms with Gasteiger partial charge in [-0.15, -0.1) is 0 Å². The van der Waals surface area contributed by atoms with Gasteiger partial charge in [0.05, 0.1) is 6.10 Å². The van der Waals surface area contributed by atoms with Gasteiger partial charge in [-0.3, -0.25) is 4.79 Å². The average Bonchev–Trinajstić information content (AvgIpc) is 2.45. The summed E-state index contributed by atoms with van der Waals surface area (Å²) in [5, 5.41) is 0. The van der Waals surface area contributed by atoms with Crippen molar-refractivity contribution < 1.29 is 9.53 Å². The highest BCUT2D eigenvalue weighted by atomic mass is 16.5. The molecule has 1 saturated heterocycles. The van der Waals surface area contributed by atoms with E-state index in [4.69, 9.17) is 4.74 Å². The van der Waals surface area contributed by atoms with Gasteiger partial charge in [0.25, 0.3) is 0 Å². The van der Waals surface area contributed by atoms with E-state index in [0.717, 1.165) is 31.5 Å². The van der Waals surface area contributed by atoms with Gasteiger partial charge in [0.1, 0.15) is 0 Å². The van der Waals surface area contributed by atoms with Gasteiger partial charge in [0.15, 0.2) is 0 Å². The van der Waals surface area contributed by atoms with Crippen molar-refractivity contribution in [2.24, 2.45) is 0 Å². The van der Waals surface area contributed by atoms with Crippen LogP contribution in [-0.2, 0) is 9.53 Å². The number of hydrogen-bond donors (Lipinski definition) is 0. The maximum atomic E-state index is 12.0. The van der Waals surface area contributed by atoms with Crippen LogP contribution in [0.2, 0.25) is 0 Å². The Balaban J connectivity index is 1.91. The fourth-order valence-corrected chi connectivity index (χ4v) is 2.36. The van der Waals surface area contributed by atoms with Crippen LogP contribution in [0.4, 0.5) is 0 Å². The van der Waals surface area contributed by atoms with Crippen LogP contribution in [0.25, 0.3) is 6.08 Å². The van der Waals surface area contributed by atoms with Crippen molar-refractivity contribution in [1.82, 2.24) is 4.90 Å². The first-order valence-electron chi connectivity index (χ1n) is 6.75. The van der Waals surface area contributed by atoms with Crippen molar-refractivity contribution >= 4 is 12.0 Å². The summed E-state index contributed by atoms with van der Waals surface area (Å²) in [5.41, 5.74) is 2.27. The Morgan fingerprint density at radius 3 is 2.74 bits per heavy atom. The van der Waals surface area contributed by atoms with Crippen LogP contribution < -0.4 is 0 Å². The fraction of sp³-hybridized carbons (Fsp3) is 0.438. The molecule has 1 aromatic rings. The molecule has 1 aliphatic heterocycles. The first-order valence-corrected chi connectivity index (χ1v) is 6.75. The van der Waals surface area contributed by atoms with Crippen molar-refractivity contribution in [3.8, 4) is 0 Å². The molecular weight excluding hydrogens is 238 g/mol. The molecule has 0 radical (unpaired) electrons. The Morgan fingerprint density at radius 1 is 1.37 bits per heavy atom. The van der Waals surface area contributed by atoms with E-state index in [9.17, 15) is 4.79 Å². The number of rotatable bonds is 3. The molecule has 3 heteroatoms. The Morgan fingerprint density at radius 2 is 2.11 bits per heavy atom. The van der Waals surface area contributed by atoms with E-state index in [1.807, 2.05) is 23.1 Å². The van der Waals surface area contributed by atoms with Crippen LogP contribution in [0.15, 0.2) is 30.3 Å². The minimum atomic E-state index is 0.0936. The minimum absolute atomic E-state index is 0.0936. The Kier molecular flexibility index (Phi) is 4.74. The van der Waals surface area contributed by atoms with Gasteiger partial charge in [0.2, 0.25) is 5.91 Å². The number of methoxy groups -OCH3 is 1. The summed E-state index contributed by atoms with van der Waals surface area (Å²) in [6.07, 6.45) is 5.73. The van der Waals surface area contributed by atoms with E-state index >= 15 is 0 Å². The van der Waals surface area contributed by atoms with Crippen molar-refractivity contribution in [1.29, 1.82) is 0 Å². The van der Waals surface area contributed by atoms with Crippen LogP contribution >= 0.6 is 0 Å². The molecule has 0 N–H and O–H groups in total. The molecule has 102 valence electrons. The molecule has 19 heavy (non-hydrogen) atoms. The highest BCUT2D eigenvalue weighted by molar-refractivity contribution is 5.91. The topological polar surface area (TPSA) is 29.5 Å². The normalized spacial score (nSPS) is 17.1. The van der Waals surface area contributed by atoms with Gasteiger partial charge in [-0.25, -0.2) is 0 Å². The van der Waals surface area contributed by atoms with Crippen LogP contribution in [0.3, 0.4) is 0 Å². The van der Waals surface area contributed by atoms with Gasteiger partial charge in [0, 0.05) is 26.3 Å². The van der Waals surface area contributed by atoms with Gasteiger partial charge in [-0.2, -0.15) is 0 Å². The third kappa shape index (κ3) is 3.93. The molecule has 0 atom stereocenters. The molecule has 0 saturated carbocycles. The maximum absolute atomic E-state index is 12.0. The number of carbonyl (C=O) groups is 1. The quantitative estimate of drug-likeness (QED) is 0.781. The lowest BCUT2D eigenvalue weighted by Gasteiger charge is -2.30. The molecule has 1 fully saturated rings. The van der Waals surface area contributed by atoms with Crippen molar-refractivity contribution in [2.45, 2.75) is 25.9 Å². The minimum Gasteiger partial charge on any atom is -0.381 e. The monoisotopic (exact) mass is 259 g/mol. The van der Waals surface area contributed by atoms with E-state index in [2.05, 4.69) is 19.1 Å². The summed E-state index contributed by atoms with van der Waals surface area (Å²) in [7, 11) is 1.74. The molecule has 0 aromatic heterocycles. The lowest BCUT2D eigenvalue weighted by Crippen LogP contribution is -2.39. The predicted molar refractivity (Wildman–Crippen MR) is 76.8 cm³/mol. The Labute approximate surface area is 114 Å². The van der Waals surface area contributed by atoms with Gasteiger partial charge >= 0.3 is 0 Å². The van der Waals surface area contributed by atoms with E-state index in [-0.39, 0.29) is 5.91 Å². The third-order valence-corrected chi connectivity index (χ3v) is 3.55. The predicted octanol–water partition coefficient (Wildman–Crippen LogP) is 2.65. The van der Waals surface area contributed by atoms with E-state index in [0.29, 0.717) is 6.10 Å². The molecule has 0 bridgehead atoms. The summed E-state index contributed by atoms with van der Waals surface area (Å²) >= 11 is 0. The summed E-state index contributed by atoms with van der Waals surface area (Å²) < 4.78 is 5.31.